The fraction of sp³-hybridized carbons (Fsp3) is 0.353. The van der Waals surface area contributed by atoms with Crippen molar-refractivity contribution in [2.75, 3.05) is 31.6 Å². The number of nitrogens with two attached hydrogens (primary N) is 1. The smallest absolute Gasteiger partial charge is 0.270 e. The first kappa shape index (κ1) is 21.3. The minimum Gasteiger partial charge on any atom is -0.376 e. The van der Waals surface area contributed by atoms with Crippen molar-refractivity contribution in [2.24, 2.45) is 5.14 Å². The van der Waals surface area contributed by atoms with E-state index in [0.717, 1.165) is 24.4 Å². The fourth-order valence-electron chi connectivity index (χ4n) is 2.64. The Morgan fingerprint density at radius 2 is 2.03 bits per heavy atom. The summed E-state index contributed by atoms with van der Waals surface area (Å²) in [5.41, 5.74) is 0.442. The molecule has 2 amide bonds. The van der Waals surface area contributed by atoms with Gasteiger partial charge < -0.3 is 15.4 Å². The van der Waals surface area contributed by atoms with E-state index in [4.69, 9.17) is 9.88 Å². The van der Waals surface area contributed by atoms with Gasteiger partial charge in [-0.3, -0.25) is 14.9 Å². The molecule has 1 aromatic carbocycles. The van der Waals surface area contributed by atoms with Gasteiger partial charge in [-0.25, -0.2) is 18.5 Å². The summed E-state index contributed by atoms with van der Waals surface area (Å²) in [5, 5.41) is 15.4. The first-order valence-electron chi connectivity index (χ1n) is 8.83. The Bertz CT molecular complexity index is 968. The zero-order valence-electron chi connectivity index (χ0n) is 15.4. The van der Waals surface area contributed by atoms with Gasteiger partial charge in [0, 0.05) is 30.6 Å². The van der Waals surface area contributed by atoms with E-state index in [2.05, 4.69) is 20.9 Å². The van der Waals surface area contributed by atoms with Crippen molar-refractivity contribution < 1.29 is 22.7 Å². The lowest BCUT2D eigenvalue weighted by Crippen LogP contribution is -2.40. The first-order chi connectivity index (χ1) is 13.8. The maximum absolute atomic E-state index is 12.3. The lowest BCUT2D eigenvalue weighted by molar-refractivity contribution is 0.0239. The van der Waals surface area contributed by atoms with Crippen molar-refractivity contribution in [3.05, 3.63) is 40.9 Å². The van der Waals surface area contributed by atoms with Crippen molar-refractivity contribution in [1.82, 2.24) is 15.6 Å². The summed E-state index contributed by atoms with van der Waals surface area (Å²) in [6.07, 6.45) is 0.774. The maximum atomic E-state index is 12.3. The van der Waals surface area contributed by atoms with Crippen LogP contribution in [-0.2, 0) is 14.8 Å². The molecule has 156 valence electrons. The molecule has 1 aliphatic rings. The monoisotopic (exact) mass is 439 g/mol. The second-order valence-electron chi connectivity index (χ2n) is 6.30. The predicted molar refractivity (Wildman–Crippen MR) is 107 cm³/mol. The molecule has 2 heterocycles. The van der Waals surface area contributed by atoms with Crippen LogP contribution in [0.15, 0.2) is 34.5 Å². The number of hydrogen-bond acceptors (Lipinski definition) is 8. The van der Waals surface area contributed by atoms with Gasteiger partial charge in [-0.05, 0) is 30.7 Å². The highest BCUT2D eigenvalue weighted by molar-refractivity contribution is 7.89. The van der Waals surface area contributed by atoms with Crippen molar-refractivity contribution in [3.63, 3.8) is 0 Å². The summed E-state index contributed by atoms with van der Waals surface area (Å²) >= 11 is 1.12. The van der Waals surface area contributed by atoms with E-state index in [0.29, 0.717) is 19.6 Å². The number of thiazole rings is 1. The lowest BCUT2D eigenvalue weighted by Gasteiger charge is -2.23. The van der Waals surface area contributed by atoms with Crippen LogP contribution in [0.5, 0.6) is 0 Å². The minimum atomic E-state index is -3.82. The van der Waals surface area contributed by atoms with Crippen molar-refractivity contribution in [1.29, 1.82) is 0 Å². The van der Waals surface area contributed by atoms with Crippen LogP contribution in [0.1, 0.15) is 27.3 Å². The summed E-state index contributed by atoms with van der Waals surface area (Å²) < 4.78 is 28.1. The minimum absolute atomic E-state index is 0.0787. The Hall–Kier alpha value is -2.38. The number of primary sulfonamides is 1. The third-order valence-corrected chi connectivity index (χ3v) is 5.85. The van der Waals surface area contributed by atoms with Crippen LogP contribution in [0.4, 0.5) is 5.13 Å². The van der Waals surface area contributed by atoms with E-state index < -0.39 is 15.9 Å². The molecule has 0 spiro atoms. The van der Waals surface area contributed by atoms with Crippen molar-refractivity contribution in [3.8, 4) is 0 Å². The average Bonchev–Trinajstić information content (AvgIpc) is 3.17. The fourth-order valence-corrected chi connectivity index (χ4v) is 3.84. The zero-order chi connectivity index (χ0) is 20.9. The molecule has 3 rings (SSSR count). The van der Waals surface area contributed by atoms with Gasteiger partial charge in [-0.2, -0.15) is 0 Å². The number of anilines is 1. The van der Waals surface area contributed by atoms with Crippen LogP contribution in [-0.4, -0.2) is 57.6 Å². The number of nitrogens with one attached hydrogen (secondary N) is 3. The number of sulfonamides is 1. The number of morpholine rings is 1. The van der Waals surface area contributed by atoms with Gasteiger partial charge in [0.05, 0.1) is 17.6 Å². The molecule has 1 aliphatic heterocycles. The second kappa shape index (κ2) is 9.41. The van der Waals surface area contributed by atoms with E-state index in [1.165, 1.54) is 24.3 Å². The summed E-state index contributed by atoms with van der Waals surface area (Å²) in [6.45, 7) is 2.73. The molecule has 0 aliphatic carbocycles. The van der Waals surface area contributed by atoms with Gasteiger partial charge in [0.2, 0.25) is 10.0 Å². The van der Waals surface area contributed by atoms with Gasteiger partial charge in [0.1, 0.15) is 5.69 Å². The van der Waals surface area contributed by atoms with E-state index in [9.17, 15) is 18.0 Å². The molecule has 1 atom stereocenters. The lowest BCUT2D eigenvalue weighted by atomic mass is 10.2. The third-order valence-electron chi connectivity index (χ3n) is 4.16. The molecule has 2 aromatic rings. The maximum Gasteiger partial charge on any atom is 0.270 e. The second-order valence-corrected chi connectivity index (χ2v) is 8.72. The summed E-state index contributed by atoms with van der Waals surface area (Å²) in [5.74, 6) is -0.808. The van der Waals surface area contributed by atoms with E-state index in [1.54, 1.807) is 5.38 Å². The predicted octanol–water partition coefficient (Wildman–Crippen LogP) is 0.151. The summed E-state index contributed by atoms with van der Waals surface area (Å²) in [4.78, 5) is 28.5. The van der Waals surface area contributed by atoms with Crippen LogP contribution in [0.25, 0.3) is 0 Å². The summed E-state index contributed by atoms with van der Waals surface area (Å²) in [7, 11) is -3.82. The largest absolute Gasteiger partial charge is 0.376 e. The molecule has 5 N–H and O–H groups in total. The Morgan fingerprint density at radius 3 is 2.69 bits per heavy atom. The number of ether oxygens (including phenoxy) is 1. The Kier molecular flexibility index (Phi) is 6.92. The van der Waals surface area contributed by atoms with Crippen LogP contribution in [0.2, 0.25) is 0 Å². The van der Waals surface area contributed by atoms with E-state index in [1.807, 2.05) is 0 Å². The van der Waals surface area contributed by atoms with Crippen LogP contribution in [0, 0.1) is 0 Å². The number of hydrogen-bond donors (Lipinski definition) is 4. The van der Waals surface area contributed by atoms with Gasteiger partial charge in [0.25, 0.3) is 11.8 Å². The molecule has 1 aromatic heterocycles. The number of rotatable bonds is 7. The molecular weight excluding hydrogens is 418 g/mol. The van der Waals surface area contributed by atoms with Crippen molar-refractivity contribution >= 4 is 38.3 Å². The molecular formula is C17H21N5O5S2. The molecule has 1 fully saturated rings. The van der Waals surface area contributed by atoms with Crippen LogP contribution in [0.3, 0.4) is 0 Å². The number of carbonyl (C=O) groups is 2. The van der Waals surface area contributed by atoms with Crippen LogP contribution < -0.4 is 21.1 Å². The molecule has 1 saturated heterocycles. The molecule has 1 unspecified atom stereocenters. The molecule has 29 heavy (non-hydrogen) atoms. The highest BCUT2D eigenvalue weighted by Crippen LogP contribution is 2.17. The standard InChI is InChI=1S/C17H21N5O5S2/c18-29(25,26)13-3-1-11(2-4-13)15(23)22-17-21-14(10-28-17)16(24)20-6-5-12-9-19-7-8-27-12/h1-4,10,12,19H,5-9H2,(H,20,24)(H2,18,25,26)(H,21,22,23). The van der Waals surface area contributed by atoms with Gasteiger partial charge >= 0.3 is 0 Å². The number of aromatic nitrogens is 1. The molecule has 0 bridgehead atoms. The third kappa shape index (κ3) is 6.05. The van der Waals surface area contributed by atoms with E-state index >= 15 is 0 Å². The number of nitrogens with zero attached hydrogens (tertiary/aromatic N) is 1. The molecule has 12 heteroatoms. The highest BCUT2D eigenvalue weighted by atomic mass is 32.2. The Balaban J connectivity index is 1.51. The average molecular weight is 440 g/mol. The number of amides is 2. The molecule has 10 nitrogen and oxygen atoms in total. The molecule has 0 radical (unpaired) electrons. The van der Waals surface area contributed by atoms with Gasteiger partial charge in [-0.1, -0.05) is 0 Å². The quantitative estimate of drug-likeness (QED) is 0.479. The topological polar surface area (TPSA) is 153 Å². The first-order valence-corrected chi connectivity index (χ1v) is 11.3. The number of carbonyl (C=O) groups excluding carboxylic acids is 2. The zero-order valence-corrected chi connectivity index (χ0v) is 17.0. The van der Waals surface area contributed by atoms with Gasteiger partial charge in [0.15, 0.2) is 5.13 Å². The molecule has 0 saturated carbocycles. The highest BCUT2D eigenvalue weighted by Gasteiger charge is 2.16. The Labute approximate surface area is 171 Å². The number of benzene rings is 1. The van der Waals surface area contributed by atoms with E-state index in [-0.39, 0.29) is 33.3 Å². The Morgan fingerprint density at radius 1 is 1.28 bits per heavy atom. The van der Waals surface area contributed by atoms with Crippen LogP contribution >= 0.6 is 11.3 Å². The van der Waals surface area contributed by atoms with Crippen molar-refractivity contribution in [2.45, 2.75) is 17.4 Å². The van der Waals surface area contributed by atoms with Gasteiger partial charge in [-0.15, -0.1) is 11.3 Å². The SMILES string of the molecule is NS(=O)(=O)c1ccc(C(=O)Nc2nc(C(=O)NCCC3CNCCO3)cs2)cc1. The normalized spacial score (nSPS) is 16.9. The summed E-state index contributed by atoms with van der Waals surface area (Å²) in [6, 6.07) is 5.18.